The molecule has 0 fully saturated rings. The molecule has 238 valence electrons. The summed E-state index contributed by atoms with van der Waals surface area (Å²) in [5.74, 6) is 0. The molecule has 2 aromatic heterocycles. The smallest absolute Gasteiger partial charge is 0.137 e. The molecule has 0 radical (unpaired) electrons. The van der Waals surface area contributed by atoms with Crippen LogP contribution < -0.4 is 4.90 Å². The maximum atomic E-state index is 6.47. The molecule has 0 amide bonds. The van der Waals surface area contributed by atoms with E-state index in [1.807, 2.05) is 17.4 Å². The van der Waals surface area contributed by atoms with Crippen LogP contribution in [0.25, 0.3) is 85.6 Å². The van der Waals surface area contributed by atoms with Crippen LogP contribution in [0.2, 0.25) is 0 Å². The van der Waals surface area contributed by atoms with Crippen LogP contribution in [0.5, 0.6) is 0 Å². The molecule has 2 nitrogen and oxygen atoms in total. The Kier molecular flexibility index (Phi) is 6.16. The number of para-hydroxylation sites is 1. The molecule has 0 N–H and O–H groups in total. The molecule has 2 heterocycles. The van der Waals surface area contributed by atoms with Gasteiger partial charge in [-0.3, -0.25) is 0 Å². The molecule has 0 aliphatic heterocycles. The third-order valence-corrected chi connectivity index (χ3v) is 11.6. The van der Waals surface area contributed by atoms with Crippen molar-refractivity contribution >= 4 is 103 Å². The van der Waals surface area contributed by atoms with Crippen molar-refractivity contribution in [3.05, 3.63) is 176 Å². The van der Waals surface area contributed by atoms with E-state index >= 15 is 0 Å². The Morgan fingerprint density at radius 3 is 1.94 bits per heavy atom. The van der Waals surface area contributed by atoms with Crippen LogP contribution in [-0.4, -0.2) is 0 Å². The number of hydrogen-bond acceptors (Lipinski definition) is 3. The van der Waals surface area contributed by atoms with Crippen molar-refractivity contribution < 1.29 is 4.42 Å². The molecule has 3 heteroatoms. The summed E-state index contributed by atoms with van der Waals surface area (Å²) in [6.07, 6.45) is 0. The van der Waals surface area contributed by atoms with Crippen molar-refractivity contribution in [2.45, 2.75) is 0 Å². The second-order valence-electron chi connectivity index (χ2n) is 13.2. The minimum absolute atomic E-state index is 0.879. The second kappa shape index (κ2) is 11.0. The summed E-state index contributed by atoms with van der Waals surface area (Å²) in [4.78, 5) is 2.47. The van der Waals surface area contributed by atoms with E-state index in [-0.39, 0.29) is 0 Å². The Balaban J connectivity index is 1.26. The van der Waals surface area contributed by atoms with Crippen molar-refractivity contribution in [2.24, 2.45) is 0 Å². The quantitative estimate of drug-likeness (QED) is 0.174. The lowest BCUT2D eigenvalue weighted by Gasteiger charge is -2.28. The monoisotopic (exact) mass is 667 g/mol. The fraction of sp³-hybridized carbons (Fsp3) is 0. The SMILES string of the molecule is c1ccc2c(-c3ccc(N(c4ccc5c(ccc6ccccc65)c4)c4cccc5oc6ccccc6c45)c4c3sc3ccccc34)cccc2c1. The Morgan fingerprint density at radius 1 is 0.392 bits per heavy atom. The maximum Gasteiger partial charge on any atom is 0.137 e. The summed E-state index contributed by atoms with van der Waals surface area (Å²) >= 11 is 1.88. The molecule has 11 aromatic rings. The summed E-state index contributed by atoms with van der Waals surface area (Å²) in [6.45, 7) is 0. The fourth-order valence-electron chi connectivity index (χ4n) is 8.16. The fourth-order valence-corrected chi connectivity index (χ4v) is 9.41. The van der Waals surface area contributed by atoms with E-state index in [1.54, 1.807) is 0 Å². The number of hydrogen-bond donors (Lipinski definition) is 0. The average molecular weight is 668 g/mol. The lowest BCUT2D eigenvalue weighted by molar-refractivity contribution is 0.669. The van der Waals surface area contributed by atoms with Crippen molar-refractivity contribution in [2.75, 3.05) is 4.90 Å². The Bertz CT molecular complexity index is 3160. The maximum absolute atomic E-state index is 6.47. The van der Waals surface area contributed by atoms with Gasteiger partial charge in [0.05, 0.1) is 16.8 Å². The van der Waals surface area contributed by atoms with E-state index in [1.165, 1.54) is 63.6 Å². The van der Waals surface area contributed by atoms with Gasteiger partial charge in [-0.2, -0.15) is 0 Å². The lowest BCUT2D eigenvalue weighted by atomic mass is 9.95. The number of nitrogens with zero attached hydrogens (tertiary/aromatic N) is 1. The van der Waals surface area contributed by atoms with E-state index < -0.39 is 0 Å². The first-order valence-corrected chi connectivity index (χ1v) is 18.2. The van der Waals surface area contributed by atoms with Crippen molar-refractivity contribution in [1.82, 2.24) is 0 Å². The zero-order valence-corrected chi connectivity index (χ0v) is 28.3. The number of furan rings is 1. The van der Waals surface area contributed by atoms with E-state index in [0.29, 0.717) is 0 Å². The molecular formula is C48H29NOS. The van der Waals surface area contributed by atoms with Crippen molar-refractivity contribution in [3.8, 4) is 11.1 Å². The summed E-state index contributed by atoms with van der Waals surface area (Å²) in [6, 6.07) is 63.8. The Morgan fingerprint density at radius 2 is 1.04 bits per heavy atom. The van der Waals surface area contributed by atoms with Crippen LogP contribution in [0, 0.1) is 0 Å². The first kappa shape index (κ1) is 28.4. The third kappa shape index (κ3) is 4.29. The lowest BCUT2D eigenvalue weighted by Crippen LogP contribution is -2.11. The highest BCUT2D eigenvalue weighted by molar-refractivity contribution is 7.26. The van der Waals surface area contributed by atoms with E-state index in [9.17, 15) is 0 Å². The molecule has 0 aliphatic carbocycles. The van der Waals surface area contributed by atoms with Gasteiger partial charge in [0.25, 0.3) is 0 Å². The highest BCUT2D eigenvalue weighted by Crippen LogP contribution is 2.51. The average Bonchev–Trinajstić information content (AvgIpc) is 3.77. The van der Waals surface area contributed by atoms with Gasteiger partial charge >= 0.3 is 0 Å². The number of thiophene rings is 1. The Hall–Kier alpha value is -6.42. The molecule has 0 saturated heterocycles. The van der Waals surface area contributed by atoms with Gasteiger partial charge < -0.3 is 9.32 Å². The van der Waals surface area contributed by atoms with Crippen LogP contribution in [0.15, 0.2) is 180 Å². The normalized spacial score (nSPS) is 11.9. The first-order valence-electron chi connectivity index (χ1n) is 17.3. The van der Waals surface area contributed by atoms with E-state index in [4.69, 9.17) is 4.42 Å². The second-order valence-corrected chi connectivity index (χ2v) is 14.3. The summed E-state index contributed by atoms with van der Waals surface area (Å²) in [5.41, 5.74) is 7.61. The minimum atomic E-state index is 0.879. The molecular weight excluding hydrogens is 639 g/mol. The zero-order valence-electron chi connectivity index (χ0n) is 27.5. The van der Waals surface area contributed by atoms with Crippen LogP contribution in [-0.2, 0) is 0 Å². The van der Waals surface area contributed by atoms with Crippen molar-refractivity contribution in [1.29, 1.82) is 0 Å². The Labute approximate surface area is 298 Å². The van der Waals surface area contributed by atoms with Gasteiger partial charge in [-0.1, -0.05) is 133 Å². The highest BCUT2D eigenvalue weighted by atomic mass is 32.1. The van der Waals surface area contributed by atoms with E-state index in [2.05, 4.69) is 175 Å². The zero-order chi connectivity index (χ0) is 33.5. The van der Waals surface area contributed by atoms with Gasteiger partial charge in [0.15, 0.2) is 0 Å². The number of rotatable bonds is 4. The third-order valence-electron chi connectivity index (χ3n) is 10.4. The van der Waals surface area contributed by atoms with Gasteiger partial charge in [0, 0.05) is 36.8 Å². The van der Waals surface area contributed by atoms with Crippen LogP contribution in [0.3, 0.4) is 0 Å². The topological polar surface area (TPSA) is 16.4 Å². The molecule has 0 unspecified atom stereocenters. The van der Waals surface area contributed by atoms with Gasteiger partial charge in [-0.05, 0) is 80.3 Å². The van der Waals surface area contributed by atoms with E-state index in [0.717, 1.165) is 39.0 Å². The summed E-state index contributed by atoms with van der Waals surface area (Å²) < 4.78 is 9.03. The summed E-state index contributed by atoms with van der Waals surface area (Å²) in [7, 11) is 0. The van der Waals surface area contributed by atoms with Gasteiger partial charge in [-0.25, -0.2) is 0 Å². The van der Waals surface area contributed by atoms with Crippen LogP contribution in [0.4, 0.5) is 17.1 Å². The molecule has 11 rings (SSSR count). The highest BCUT2D eigenvalue weighted by Gasteiger charge is 2.24. The molecule has 0 bridgehead atoms. The molecule has 0 spiro atoms. The van der Waals surface area contributed by atoms with Crippen molar-refractivity contribution in [3.63, 3.8) is 0 Å². The minimum Gasteiger partial charge on any atom is -0.456 e. The predicted octanol–water partition coefficient (Wildman–Crippen LogP) is 14.6. The molecule has 51 heavy (non-hydrogen) atoms. The largest absolute Gasteiger partial charge is 0.456 e. The van der Waals surface area contributed by atoms with Gasteiger partial charge in [0.1, 0.15) is 11.2 Å². The standard InChI is InChI=1S/C48H29NOS/c1-4-15-35-30(11-1)13-9-18-37(35)38-27-28-42(47-40-17-6-8-22-45(40)51-48(38)47)49(41-19-10-21-44-46(41)39-16-5-7-20-43(39)50-44)33-25-26-36-32(29-33)24-23-31-12-2-3-14-34(31)36/h1-29H. The van der Waals surface area contributed by atoms with Crippen LogP contribution >= 0.6 is 11.3 Å². The predicted molar refractivity (Wildman–Crippen MR) is 219 cm³/mol. The number of fused-ring (bicyclic) bond motifs is 10. The molecule has 0 aliphatic rings. The molecule has 0 atom stereocenters. The number of anilines is 3. The summed E-state index contributed by atoms with van der Waals surface area (Å²) in [5, 5.41) is 12.2. The molecule has 9 aromatic carbocycles. The van der Waals surface area contributed by atoms with Gasteiger partial charge in [-0.15, -0.1) is 11.3 Å². The first-order chi connectivity index (χ1) is 25.3. The van der Waals surface area contributed by atoms with Crippen LogP contribution in [0.1, 0.15) is 0 Å². The number of benzene rings is 9. The van der Waals surface area contributed by atoms with Gasteiger partial charge in [0.2, 0.25) is 0 Å². The molecule has 0 saturated carbocycles.